The molecule has 0 saturated heterocycles. The molecule has 128 valence electrons. The summed E-state index contributed by atoms with van der Waals surface area (Å²) >= 11 is 0. The van der Waals surface area contributed by atoms with Gasteiger partial charge in [-0.15, -0.1) is 0 Å². The number of unbranched alkanes of at least 4 members (excludes halogenated alkanes) is 2. The fourth-order valence-electron chi connectivity index (χ4n) is 3.80. The van der Waals surface area contributed by atoms with E-state index in [4.69, 9.17) is 10.0 Å². The molecule has 0 unspecified atom stereocenters. The Labute approximate surface area is 140 Å². The van der Waals surface area contributed by atoms with Gasteiger partial charge in [0.1, 0.15) is 5.82 Å². The summed E-state index contributed by atoms with van der Waals surface area (Å²) in [6, 6.07) is 4.75. The highest BCUT2D eigenvalue weighted by Crippen LogP contribution is 2.34. The van der Waals surface area contributed by atoms with Gasteiger partial charge in [-0.1, -0.05) is 70.4 Å². The van der Waals surface area contributed by atoms with Crippen molar-refractivity contribution in [3.63, 3.8) is 0 Å². The van der Waals surface area contributed by atoms with Gasteiger partial charge < -0.3 is 10.0 Å². The van der Waals surface area contributed by atoms with Gasteiger partial charge in [0.25, 0.3) is 0 Å². The van der Waals surface area contributed by atoms with E-state index in [9.17, 15) is 4.39 Å². The predicted molar refractivity (Wildman–Crippen MR) is 94.1 cm³/mol. The van der Waals surface area contributed by atoms with Crippen LogP contribution in [0.15, 0.2) is 18.2 Å². The van der Waals surface area contributed by atoms with Crippen LogP contribution in [0.5, 0.6) is 0 Å². The van der Waals surface area contributed by atoms with Crippen molar-refractivity contribution in [3.8, 4) is 0 Å². The molecular formula is C19H30BFO2. The number of benzene rings is 1. The molecule has 0 amide bonds. The van der Waals surface area contributed by atoms with E-state index in [0.29, 0.717) is 0 Å². The van der Waals surface area contributed by atoms with Gasteiger partial charge in [-0.05, 0) is 36.3 Å². The zero-order valence-electron chi connectivity index (χ0n) is 14.3. The summed E-state index contributed by atoms with van der Waals surface area (Å²) in [4.78, 5) is 0. The Morgan fingerprint density at radius 3 is 2.26 bits per heavy atom. The summed E-state index contributed by atoms with van der Waals surface area (Å²) in [5, 5.41) is 18.1. The van der Waals surface area contributed by atoms with Crippen LogP contribution in [0.25, 0.3) is 0 Å². The van der Waals surface area contributed by atoms with Crippen molar-refractivity contribution in [2.24, 2.45) is 11.8 Å². The van der Waals surface area contributed by atoms with Crippen LogP contribution in [0.2, 0.25) is 0 Å². The molecule has 1 aromatic carbocycles. The minimum atomic E-state index is -1.73. The van der Waals surface area contributed by atoms with Crippen LogP contribution >= 0.6 is 0 Å². The van der Waals surface area contributed by atoms with Crippen molar-refractivity contribution in [3.05, 3.63) is 29.6 Å². The zero-order chi connectivity index (χ0) is 16.7. The molecule has 0 heterocycles. The summed E-state index contributed by atoms with van der Waals surface area (Å²) in [6.07, 6.45) is 12.8. The fraction of sp³-hybridized carbons (Fsp3) is 0.684. The summed E-state index contributed by atoms with van der Waals surface area (Å²) in [5.74, 6) is 1.18. The van der Waals surface area contributed by atoms with E-state index in [0.717, 1.165) is 30.2 Å². The molecule has 4 heteroatoms. The van der Waals surface area contributed by atoms with E-state index >= 15 is 0 Å². The van der Waals surface area contributed by atoms with Crippen LogP contribution in [0, 0.1) is 17.7 Å². The normalized spacial score (nSPS) is 21.4. The van der Waals surface area contributed by atoms with E-state index in [2.05, 4.69) is 6.92 Å². The van der Waals surface area contributed by atoms with E-state index in [1.54, 1.807) is 0 Å². The third-order valence-electron chi connectivity index (χ3n) is 5.37. The quantitative estimate of drug-likeness (QED) is 0.565. The van der Waals surface area contributed by atoms with Crippen molar-refractivity contribution in [2.45, 2.75) is 71.1 Å². The molecule has 1 fully saturated rings. The topological polar surface area (TPSA) is 40.5 Å². The number of aryl methyl sites for hydroxylation is 1. The first-order chi connectivity index (χ1) is 11.1. The fourth-order valence-corrected chi connectivity index (χ4v) is 3.80. The van der Waals surface area contributed by atoms with Gasteiger partial charge in [0.05, 0.1) is 0 Å². The first-order valence-corrected chi connectivity index (χ1v) is 9.24. The molecule has 1 saturated carbocycles. The molecule has 1 aliphatic rings. The number of rotatable bonds is 8. The van der Waals surface area contributed by atoms with E-state index in [-0.39, 0.29) is 5.46 Å². The first-order valence-electron chi connectivity index (χ1n) is 9.24. The maximum atomic E-state index is 13.7. The van der Waals surface area contributed by atoms with E-state index in [1.807, 2.05) is 6.07 Å². The van der Waals surface area contributed by atoms with Crippen molar-refractivity contribution in [1.82, 2.24) is 0 Å². The minimum absolute atomic E-state index is 0.0404. The highest BCUT2D eigenvalue weighted by Gasteiger charge is 2.21. The summed E-state index contributed by atoms with van der Waals surface area (Å²) in [5.41, 5.74) is 0.915. The van der Waals surface area contributed by atoms with Crippen LogP contribution in [0.4, 0.5) is 4.39 Å². The van der Waals surface area contributed by atoms with Crippen molar-refractivity contribution >= 4 is 12.6 Å². The van der Waals surface area contributed by atoms with Crippen LogP contribution in [0.1, 0.15) is 70.3 Å². The van der Waals surface area contributed by atoms with E-state index in [1.165, 1.54) is 63.5 Å². The second kappa shape index (κ2) is 9.44. The molecule has 1 aliphatic carbocycles. The molecule has 0 aliphatic heterocycles. The van der Waals surface area contributed by atoms with Crippen molar-refractivity contribution < 1.29 is 14.4 Å². The molecule has 2 nitrogen and oxygen atoms in total. The molecule has 23 heavy (non-hydrogen) atoms. The molecule has 0 atom stereocenters. The first kappa shape index (κ1) is 18.5. The second-order valence-electron chi connectivity index (χ2n) is 7.15. The lowest BCUT2D eigenvalue weighted by atomic mass is 9.77. The van der Waals surface area contributed by atoms with Gasteiger partial charge >= 0.3 is 7.12 Å². The van der Waals surface area contributed by atoms with Gasteiger partial charge in [-0.2, -0.15) is 0 Å². The third-order valence-corrected chi connectivity index (χ3v) is 5.37. The Balaban J connectivity index is 1.72. The molecule has 1 aromatic rings. The smallest absolute Gasteiger partial charge is 0.423 e. The Kier molecular flexibility index (Phi) is 7.58. The Hall–Kier alpha value is -0.865. The minimum Gasteiger partial charge on any atom is -0.423 e. The maximum absolute atomic E-state index is 13.7. The van der Waals surface area contributed by atoms with Crippen LogP contribution in [0.3, 0.4) is 0 Å². The monoisotopic (exact) mass is 320 g/mol. The molecular weight excluding hydrogens is 290 g/mol. The Bertz CT molecular complexity index is 470. The van der Waals surface area contributed by atoms with Gasteiger partial charge in [-0.3, -0.25) is 0 Å². The maximum Gasteiger partial charge on any atom is 0.491 e. The lowest BCUT2D eigenvalue weighted by Gasteiger charge is -2.28. The summed E-state index contributed by atoms with van der Waals surface area (Å²) < 4.78 is 13.7. The molecule has 0 spiro atoms. The molecule has 2 N–H and O–H groups in total. The lowest BCUT2D eigenvalue weighted by molar-refractivity contribution is 0.249. The summed E-state index contributed by atoms with van der Waals surface area (Å²) in [7, 11) is -1.73. The highest BCUT2D eigenvalue weighted by molar-refractivity contribution is 6.58. The van der Waals surface area contributed by atoms with Gasteiger partial charge in [0.15, 0.2) is 0 Å². The zero-order valence-corrected chi connectivity index (χ0v) is 14.3. The Morgan fingerprint density at radius 1 is 1.04 bits per heavy atom. The van der Waals surface area contributed by atoms with Crippen LogP contribution in [-0.4, -0.2) is 17.2 Å². The number of hydrogen-bond donors (Lipinski definition) is 2. The lowest BCUT2D eigenvalue weighted by Crippen LogP contribution is -2.32. The van der Waals surface area contributed by atoms with Crippen molar-refractivity contribution in [1.29, 1.82) is 0 Å². The Morgan fingerprint density at radius 2 is 1.70 bits per heavy atom. The highest BCUT2D eigenvalue weighted by atomic mass is 19.1. The van der Waals surface area contributed by atoms with Crippen LogP contribution in [-0.2, 0) is 6.42 Å². The predicted octanol–water partition coefficient (Wildman–Crippen LogP) is 3.82. The molecule has 0 aromatic heterocycles. The SMILES string of the molecule is CCCCC[C@H]1CC[C@H](CCc2ccc(B(O)O)c(F)c2)CC1. The largest absolute Gasteiger partial charge is 0.491 e. The molecule has 2 rings (SSSR count). The van der Waals surface area contributed by atoms with Gasteiger partial charge in [-0.25, -0.2) is 4.39 Å². The van der Waals surface area contributed by atoms with Gasteiger partial charge in [0.2, 0.25) is 0 Å². The second-order valence-corrected chi connectivity index (χ2v) is 7.15. The average Bonchev–Trinajstić information content (AvgIpc) is 2.54. The molecule has 0 bridgehead atoms. The van der Waals surface area contributed by atoms with E-state index < -0.39 is 12.9 Å². The standard InChI is InChI=1S/C19H30BFO2/c1-2-3-4-5-15-6-8-16(9-7-15)10-11-17-12-13-18(20(22)23)19(21)14-17/h12-16,22-23H,2-11H2,1H3/t15-,16-. The number of hydrogen-bond acceptors (Lipinski definition) is 2. The average molecular weight is 320 g/mol. The van der Waals surface area contributed by atoms with Gasteiger partial charge in [0, 0.05) is 5.46 Å². The van der Waals surface area contributed by atoms with Crippen molar-refractivity contribution in [2.75, 3.05) is 0 Å². The van der Waals surface area contributed by atoms with Crippen LogP contribution < -0.4 is 5.46 Å². The molecule has 0 radical (unpaired) electrons. The number of halogens is 1. The third kappa shape index (κ3) is 5.93. The summed E-state index contributed by atoms with van der Waals surface area (Å²) in [6.45, 7) is 2.26.